The number of hydrogen-bond acceptors (Lipinski definition) is 6. The Hall–Kier alpha value is -2.74. The quantitative estimate of drug-likeness (QED) is 0.656. The molecule has 3 rings (SSSR count). The number of aliphatic hydroxyl groups is 1. The summed E-state index contributed by atoms with van der Waals surface area (Å²) in [6.45, 7) is 3.66. The van der Waals surface area contributed by atoms with Gasteiger partial charge in [0.15, 0.2) is 6.23 Å². The van der Waals surface area contributed by atoms with Gasteiger partial charge in [-0.25, -0.2) is 0 Å². The van der Waals surface area contributed by atoms with Gasteiger partial charge in [0.05, 0.1) is 36.5 Å². The number of amides is 1. The number of benzene rings is 1. The Kier molecular flexibility index (Phi) is 6.55. The number of likely N-dealkylation sites (N-methyl/N-ethyl adjacent to an activating group) is 1. The van der Waals surface area contributed by atoms with Gasteiger partial charge in [0, 0.05) is 41.7 Å². The van der Waals surface area contributed by atoms with Crippen molar-refractivity contribution in [3.05, 3.63) is 57.9 Å². The standard InChI is InChI=1S/C21H21Cl2N3O4/c1-5-17(27)25-10-12-7-14-11(9-24-12)6-13(21(28)26(14)2)18-19(22)15(29-3)8-16(30-4)20(18)23/h5-9,21,28H,1,10H2,2-4H3,(H,25,27). The number of hydrogen-bond donors (Lipinski definition) is 2. The summed E-state index contributed by atoms with van der Waals surface area (Å²) in [7, 11) is 4.71. The number of aliphatic hydroxyl groups excluding tert-OH is 1. The van der Waals surface area contributed by atoms with Crippen LogP contribution in [0.15, 0.2) is 31.0 Å². The number of carbonyl (C=O) groups is 1. The number of carbonyl (C=O) groups excluding carboxylic acids is 1. The van der Waals surface area contributed by atoms with Crippen molar-refractivity contribution in [3.8, 4) is 11.5 Å². The van der Waals surface area contributed by atoms with Crippen LogP contribution in [0.4, 0.5) is 5.69 Å². The molecular formula is C21H21Cl2N3O4. The fraction of sp³-hybridized carbons (Fsp3) is 0.238. The van der Waals surface area contributed by atoms with E-state index in [1.54, 1.807) is 36.4 Å². The van der Waals surface area contributed by atoms with Crippen molar-refractivity contribution in [2.24, 2.45) is 0 Å². The number of ether oxygens (including phenoxy) is 2. The van der Waals surface area contributed by atoms with Gasteiger partial charge in [-0.2, -0.15) is 0 Å². The lowest BCUT2D eigenvalue weighted by atomic mass is 9.95. The van der Waals surface area contributed by atoms with Crippen molar-refractivity contribution in [3.63, 3.8) is 0 Å². The Morgan fingerprint density at radius 2 is 1.93 bits per heavy atom. The van der Waals surface area contributed by atoms with Crippen LogP contribution in [-0.2, 0) is 11.3 Å². The maximum Gasteiger partial charge on any atom is 0.243 e. The van der Waals surface area contributed by atoms with Crippen LogP contribution >= 0.6 is 23.2 Å². The van der Waals surface area contributed by atoms with E-state index in [0.717, 1.165) is 11.3 Å². The lowest BCUT2D eigenvalue weighted by molar-refractivity contribution is -0.116. The van der Waals surface area contributed by atoms with Crippen molar-refractivity contribution in [2.45, 2.75) is 12.8 Å². The largest absolute Gasteiger partial charge is 0.495 e. The molecule has 1 unspecified atom stereocenters. The minimum atomic E-state index is -1.04. The summed E-state index contributed by atoms with van der Waals surface area (Å²) in [4.78, 5) is 17.4. The average Bonchev–Trinajstić information content (AvgIpc) is 2.75. The predicted molar refractivity (Wildman–Crippen MR) is 118 cm³/mol. The zero-order chi connectivity index (χ0) is 22.0. The molecule has 1 aliphatic heterocycles. The first kappa shape index (κ1) is 22.0. The first-order chi connectivity index (χ1) is 14.3. The van der Waals surface area contributed by atoms with Gasteiger partial charge in [0.25, 0.3) is 0 Å². The molecule has 0 spiro atoms. The summed E-state index contributed by atoms with van der Waals surface area (Å²) in [5.74, 6) is 0.461. The van der Waals surface area contributed by atoms with Crippen molar-refractivity contribution in [2.75, 3.05) is 26.2 Å². The van der Waals surface area contributed by atoms with Gasteiger partial charge in [-0.15, -0.1) is 0 Å². The van der Waals surface area contributed by atoms with E-state index < -0.39 is 6.23 Å². The summed E-state index contributed by atoms with van der Waals surface area (Å²) < 4.78 is 10.7. The SMILES string of the molecule is C=CC(=O)NCc1cc2c(cn1)C=C(c1c(Cl)c(OC)cc(OC)c1Cl)C(O)N2C. The van der Waals surface area contributed by atoms with Gasteiger partial charge < -0.3 is 24.8 Å². The number of aromatic nitrogens is 1. The first-order valence-electron chi connectivity index (χ1n) is 8.94. The van der Waals surface area contributed by atoms with Gasteiger partial charge in [-0.3, -0.25) is 9.78 Å². The molecule has 0 bridgehead atoms. The van der Waals surface area contributed by atoms with E-state index in [2.05, 4.69) is 16.9 Å². The van der Waals surface area contributed by atoms with Crippen LogP contribution < -0.4 is 19.7 Å². The van der Waals surface area contributed by atoms with Crippen molar-refractivity contribution >= 4 is 46.4 Å². The molecule has 30 heavy (non-hydrogen) atoms. The molecular weight excluding hydrogens is 429 g/mol. The molecule has 0 saturated heterocycles. The summed E-state index contributed by atoms with van der Waals surface area (Å²) in [5.41, 5.74) is 3.03. The number of anilines is 1. The van der Waals surface area contributed by atoms with E-state index in [4.69, 9.17) is 32.7 Å². The molecule has 0 aliphatic carbocycles. The molecule has 158 valence electrons. The Morgan fingerprint density at radius 1 is 1.30 bits per heavy atom. The number of rotatable bonds is 6. The van der Waals surface area contributed by atoms with Crippen LogP contribution in [0, 0.1) is 0 Å². The second-order valence-corrected chi connectivity index (χ2v) is 7.28. The molecule has 1 aromatic heterocycles. The zero-order valence-electron chi connectivity index (χ0n) is 16.7. The summed E-state index contributed by atoms with van der Waals surface area (Å²) in [6, 6.07) is 3.39. The van der Waals surface area contributed by atoms with Crippen LogP contribution in [-0.4, -0.2) is 43.5 Å². The predicted octanol–water partition coefficient (Wildman–Crippen LogP) is 3.52. The summed E-state index contributed by atoms with van der Waals surface area (Å²) in [6.07, 6.45) is 3.58. The van der Waals surface area contributed by atoms with Crippen molar-refractivity contribution in [1.82, 2.24) is 10.3 Å². The fourth-order valence-electron chi connectivity index (χ4n) is 3.18. The molecule has 9 heteroatoms. The number of methoxy groups -OCH3 is 2. The van der Waals surface area contributed by atoms with Crippen LogP contribution in [0.25, 0.3) is 11.6 Å². The minimum Gasteiger partial charge on any atom is -0.495 e. The number of pyridine rings is 1. The molecule has 1 aromatic carbocycles. The smallest absolute Gasteiger partial charge is 0.243 e. The molecule has 0 fully saturated rings. The Labute approximate surface area is 184 Å². The van der Waals surface area contributed by atoms with Crippen molar-refractivity contribution < 1.29 is 19.4 Å². The van der Waals surface area contributed by atoms with Gasteiger partial charge >= 0.3 is 0 Å². The second kappa shape index (κ2) is 8.95. The summed E-state index contributed by atoms with van der Waals surface area (Å²) in [5, 5.41) is 14.2. The second-order valence-electron chi connectivity index (χ2n) is 6.52. The van der Waals surface area contributed by atoms with Crippen molar-refractivity contribution in [1.29, 1.82) is 0 Å². The van der Waals surface area contributed by atoms with Gasteiger partial charge in [-0.1, -0.05) is 29.8 Å². The number of nitrogens with zero attached hydrogens (tertiary/aromatic N) is 2. The molecule has 2 aromatic rings. The third-order valence-corrected chi connectivity index (χ3v) is 5.55. The molecule has 7 nitrogen and oxygen atoms in total. The Balaban J connectivity index is 2.09. The molecule has 2 heterocycles. The maximum absolute atomic E-state index is 11.4. The molecule has 1 aliphatic rings. The van der Waals surface area contributed by atoms with E-state index in [1.165, 1.54) is 20.3 Å². The van der Waals surface area contributed by atoms with E-state index >= 15 is 0 Å². The van der Waals surface area contributed by atoms with Gasteiger partial charge in [-0.05, 0) is 18.2 Å². The summed E-state index contributed by atoms with van der Waals surface area (Å²) >= 11 is 13.1. The first-order valence-corrected chi connectivity index (χ1v) is 9.70. The average molecular weight is 450 g/mol. The van der Waals surface area contributed by atoms with Crippen LogP contribution in [0.2, 0.25) is 10.0 Å². The molecule has 1 atom stereocenters. The molecule has 0 saturated carbocycles. The highest BCUT2D eigenvalue weighted by molar-refractivity contribution is 6.40. The highest BCUT2D eigenvalue weighted by Crippen LogP contribution is 2.47. The Bertz CT molecular complexity index is 1010. The van der Waals surface area contributed by atoms with Gasteiger partial charge in [0.1, 0.15) is 11.5 Å². The van der Waals surface area contributed by atoms with E-state index in [0.29, 0.717) is 28.3 Å². The zero-order valence-corrected chi connectivity index (χ0v) is 18.2. The number of fused-ring (bicyclic) bond motifs is 1. The highest BCUT2D eigenvalue weighted by atomic mass is 35.5. The third-order valence-electron chi connectivity index (χ3n) is 4.80. The minimum absolute atomic E-state index is 0.239. The normalized spacial score (nSPS) is 15.2. The lowest BCUT2D eigenvalue weighted by Gasteiger charge is -2.34. The lowest BCUT2D eigenvalue weighted by Crippen LogP contribution is -2.35. The van der Waals surface area contributed by atoms with Crippen LogP contribution in [0.3, 0.4) is 0 Å². The molecule has 0 radical (unpaired) electrons. The maximum atomic E-state index is 11.4. The third kappa shape index (κ3) is 3.96. The van der Waals surface area contributed by atoms with Gasteiger partial charge in [0.2, 0.25) is 5.91 Å². The topological polar surface area (TPSA) is 83.9 Å². The number of nitrogens with one attached hydrogen (secondary N) is 1. The highest BCUT2D eigenvalue weighted by Gasteiger charge is 2.30. The fourth-order valence-corrected chi connectivity index (χ4v) is 3.90. The molecule has 1 amide bonds. The van der Waals surface area contributed by atoms with Crippen LogP contribution in [0.5, 0.6) is 11.5 Å². The van der Waals surface area contributed by atoms with E-state index in [1.807, 2.05) is 0 Å². The molecule has 2 N–H and O–H groups in total. The van der Waals surface area contributed by atoms with E-state index in [-0.39, 0.29) is 22.5 Å². The van der Waals surface area contributed by atoms with E-state index in [9.17, 15) is 9.90 Å². The monoisotopic (exact) mass is 449 g/mol. The Morgan fingerprint density at radius 3 is 2.50 bits per heavy atom. The number of halogens is 2. The van der Waals surface area contributed by atoms with Crippen LogP contribution in [0.1, 0.15) is 16.8 Å².